The lowest BCUT2D eigenvalue weighted by atomic mass is 10.0. The Labute approximate surface area is 187 Å². The van der Waals surface area contributed by atoms with Crippen molar-refractivity contribution in [2.24, 2.45) is 11.7 Å². The molecular weight excluding hydrogens is 430 g/mol. The number of rotatable bonds is 5. The summed E-state index contributed by atoms with van der Waals surface area (Å²) in [6.07, 6.45) is 1.30. The minimum Gasteiger partial charge on any atom is -0.452 e. The molecule has 0 radical (unpaired) electrons. The second kappa shape index (κ2) is 8.55. The summed E-state index contributed by atoms with van der Waals surface area (Å²) in [5.74, 6) is 0.00347. The van der Waals surface area contributed by atoms with Gasteiger partial charge in [0.05, 0.1) is 35.2 Å². The van der Waals surface area contributed by atoms with Gasteiger partial charge < -0.3 is 15.4 Å². The Bertz CT molecular complexity index is 1140. The van der Waals surface area contributed by atoms with Gasteiger partial charge in [-0.15, -0.1) is 0 Å². The van der Waals surface area contributed by atoms with Crippen molar-refractivity contribution in [1.82, 2.24) is 0 Å². The van der Waals surface area contributed by atoms with E-state index in [9.17, 15) is 18.0 Å². The van der Waals surface area contributed by atoms with Crippen LogP contribution in [0.5, 0.6) is 0 Å². The Balaban J connectivity index is 1.74. The smallest absolute Gasteiger partial charge is 0.414 e. The Hall–Kier alpha value is -2.91. The molecule has 0 saturated heterocycles. The molecule has 1 atom stereocenters. The molecule has 9 heteroatoms. The summed E-state index contributed by atoms with van der Waals surface area (Å²) in [6.45, 7) is 2.34. The summed E-state index contributed by atoms with van der Waals surface area (Å²) in [4.78, 5) is 29.0. The lowest BCUT2D eigenvalue weighted by Gasteiger charge is -2.40. The summed E-state index contributed by atoms with van der Waals surface area (Å²) in [7, 11) is -2.07. The number of amides is 2. The number of fused-ring (bicyclic) bond motifs is 1. The first-order valence-electron chi connectivity index (χ1n) is 10.6. The van der Waals surface area contributed by atoms with Crippen molar-refractivity contribution < 1.29 is 22.7 Å². The van der Waals surface area contributed by atoms with Crippen LogP contribution in [0.1, 0.15) is 19.8 Å². The topological polar surface area (TPSA) is 110 Å². The summed E-state index contributed by atoms with van der Waals surface area (Å²) >= 11 is 0. The zero-order valence-electron chi connectivity index (χ0n) is 18.2. The molecule has 2 amide bonds. The van der Waals surface area contributed by atoms with Crippen molar-refractivity contribution in [2.75, 3.05) is 35.8 Å². The van der Waals surface area contributed by atoms with Gasteiger partial charge in [-0.3, -0.25) is 9.69 Å². The molecule has 1 heterocycles. The number of nitrogens with zero attached hydrogens (tertiary/aromatic N) is 2. The van der Waals surface area contributed by atoms with Gasteiger partial charge in [-0.2, -0.15) is 0 Å². The summed E-state index contributed by atoms with van der Waals surface area (Å²) in [6, 6.07) is 11.9. The first-order chi connectivity index (χ1) is 15.3. The number of nitrogens with two attached hydrogens (primary N) is 1. The molecule has 0 bridgehead atoms. The molecule has 2 N–H and O–H groups in total. The van der Waals surface area contributed by atoms with Crippen molar-refractivity contribution in [3.05, 3.63) is 42.5 Å². The normalized spacial score (nSPS) is 18.3. The number of methoxy groups -OCH3 is 1. The molecule has 1 aliphatic heterocycles. The van der Waals surface area contributed by atoms with Crippen LogP contribution in [0.2, 0.25) is 0 Å². The van der Waals surface area contributed by atoms with Gasteiger partial charge in [-0.1, -0.05) is 18.2 Å². The van der Waals surface area contributed by atoms with Crippen molar-refractivity contribution in [1.29, 1.82) is 0 Å². The van der Waals surface area contributed by atoms with Crippen molar-refractivity contribution in [2.45, 2.75) is 30.7 Å². The van der Waals surface area contributed by atoms with E-state index in [0.717, 1.165) is 24.0 Å². The number of ether oxygens (including phenoxy) is 1. The number of carbonyl (C=O) groups is 2. The fourth-order valence-corrected chi connectivity index (χ4v) is 5.17. The summed E-state index contributed by atoms with van der Waals surface area (Å²) < 4.78 is 29.5. The van der Waals surface area contributed by atoms with Crippen molar-refractivity contribution in [3.63, 3.8) is 0 Å². The lowest BCUT2D eigenvalue weighted by Crippen LogP contribution is -2.52. The minimum atomic E-state index is -3.41. The van der Waals surface area contributed by atoms with Crippen LogP contribution in [0.25, 0.3) is 11.1 Å². The fourth-order valence-electron chi connectivity index (χ4n) is 4.07. The van der Waals surface area contributed by atoms with E-state index in [2.05, 4.69) is 0 Å². The molecule has 32 heavy (non-hydrogen) atoms. The second-order valence-electron chi connectivity index (χ2n) is 8.25. The zero-order chi connectivity index (χ0) is 23.0. The quantitative estimate of drug-likeness (QED) is 0.739. The van der Waals surface area contributed by atoms with E-state index >= 15 is 0 Å². The lowest BCUT2D eigenvalue weighted by molar-refractivity contribution is -0.119. The number of anilines is 2. The number of hydrogen-bond donors (Lipinski definition) is 1. The first kappa shape index (κ1) is 22.3. The molecule has 0 aromatic heterocycles. The number of hydrogen-bond acceptors (Lipinski definition) is 6. The largest absolute Gasteiger partial charge is 0.452 e. The van der Waals surface area contributed by atoms with Gasteiger partial charge in [0.1, 0.15) is 0 Å². The number of benzene rings is 2. The molecule has 2 aromatic carbocycles. The van der Waals surface area contributed by atoms with E-state index in [-0.39, 0.29) is 35.1 Å². The maximum atomic E-state index is 13.0. The van der Waals surface area contributed by atoms with Crippen LogP contribution in [0.3, 0.4) is 0 Å². The molecule has 1 aliphatic carbocycles. The Morgan fingerprint density at radius 2 is 1.72 bits per heavy atom. The van der Waals surface area contributed by atoms with Gasteiger partial charge in [0, 0.05) is 19.0 Å². The Morgan fingerprint density at radius 3 is 2.31 bits per heavy atom. The molecule has 2 aromatic rings. The van der Waals surface area contributed by atoms with Crippen LogP contribution in [0, 0.1) is 5.92 Å². The van der Waals surface area contributed by atoms with Crippen LogP contribution < -0.4 is 15.5 Å². The molecule has 0 spiro atoms. The van der Waals surface area contributed by atoms with Crippen LogP contribution in [0.15, 0.2) is 47.4 Å². The van der Waals surface area contributed by atoms with E-state index in [1.54, 1.807) is 34.1 Å². The molecule has 1 fully saturated rings. The maximum absolute atomic E-state index is 13.0. The predicted octanol–water partition coefficient (Wildman–Crippen LogP) is 2.80. The van der Waals surface area contributed by atoms with Gasteiger partial charge >= 0.3 is 6.09 Å². The first-order valence-corrected chi connectivity index (χ1v) is 12.3. The van der Waals surface area contributed by atoms with Gasteiger partial charge in [-0.25, -0.2) is 13.2 Å². The Morgan fingerprint density at radius 1 is 1.06 bits per heavy atom. The number of sulfone groups is 1. The Kier molecular flexibility index (Phi) is 5.96. The minimum absolute atomic E-state index is 0.0374. The van der Waals surface area contributed by atoms with E-state index in [1.807, 2.05) is 25.1 Å². The van der Waals surface area contributed by atoms with Crippen molar-refractivity contribution >= 4 is 33.2 Å². The molecule has 170 valence electrons. The van der Waals surface area contributed by atoms with E-state index in [1.165, 1.54) is 7.11 Å². The average Bonchev–Trinajstić information content (AvgIpc) is 3.63. The van der Waals surface area contributed by atoms with Gasteiger partial charge in [0.2, 0.25) is 5.91 Å². The SMILES string of the molecule is COC(=O)N1c2ccc(-c3ccc(S(=O)(=O)CCN)cc3)cc2N(C(=O)C2CC2)CC1C. The molecule has 8 nitrogen and oxygen atoms in total. The van der Waals surface area contributed by atoms with Crippen LogP contribution >= 0.6 is 0 Å². The molecule has 2 aliphatic rings. The molecule has 1 saturated carbocycles. The highest BCUT2D eigenvalue weighted by Gasteiger charge is 2.40. The summed E-state index contributed by atoms with van der Waals surface area (Å²) in [5.41, 5.74) is 8.31. The monoisotopic (exact) mass is 457 g/mol. The second-order valence-corrected chi connectivity index (χ2v) is 10.4. The van der Waals surface area contributed by atoms with E-state index < -0.39 is 15.9 Å². The van der Waals surface area contributed by atoms with Crippen LogP contribution in [-0.4, -0.2) is 52.4 Å². The van der Waals surface area contributed by atoms with Gasteiger partial charge in [0.25, 0.3) is 0 Å². The standard InChI is InChI=1S/C23H27N3O5S/c1-15-14-25(22(27)17-3-4-17)21-13-18(7-10-20(21)26(15)23(28)31-2)16-5-8-19(9-6-16)32(29,30)12-11-24/h5-10,13,15,17H,3-4,11-12,14,24H2,1-2H3. The van der Waals surface area contributed by atoms with Crippen LogP contribution in [-0.2, 0) is 19.4 Å². The highest BCUT2D eigenvalue weighted by Crippen LogP contribution is 2.42. The molecular formula is C23H27N3O5S. The fraction of sp³-hybridized carbons (Fsp3) is 0.391. The average molecular weight is 458 g/mol. The third-order valence-corrected chi connectivity index (χ3v) is 7.67. The number of carbonyl (C=O) groups excluding carboxylic acids is 2. The van der Waals surface area contributed by atoms with E-state index in [4.69, 9.17) is 10.5 Å². The third-order valence-electron chi connectivity index (χ3n) is 5.91. The highest BCUT2D eigenvalue weighted by atomic mass is 32.2. The molecule has 1 unspecified atom stereocenters. The van der Waals surface area contributed by atoms with E-state index in [0.29, 0.717) is 17.9 Å². The summed E-state index contributed by atoms with van der Waals surface area (Å²) in [5, 5.41) is 0. The molecule has 4 rings (SSSR count). The predicted molar refractivity (Wildman–Crippen MR) is 122 cm³/mol. The van der Waals surface area contributed by atoms with Gasteiger partial charge in [-0.05, 0) is 55.2 Å². The van der Waals surface area contributed by atoms with Crippen molar-refractivity contribution in [3.8, 4) is 11.1 Å². The van der Waals surface area contributed by atoms with Crippen LogP contribution in [0.4, 0.5) is 16.2 Å². The van der Waals surface area contributed by atoms with Gasteiger partial charge in [0.15, 0.2) is 9.84 Å². The maximum Gasteiger partial charge on any atom is 0.414 e. The zero-order valence-corrected chi connectivity index (χ0v) is 19.0. The highest BCUT2D eigenvalue weighted by molar-refractivity contribution is 7.91. The third kappa shape index (κ3) is 4.10.